The highest BCUT2D eigenvalue weighted by atomic mass is 32.2. The summed E-state index contributed by atoms with van der Waals surface area (Å²) in [5, 5.41) is 0. The van der Waals surface area contributed by atoms with Crippen LogP contribution in [0.25, 0.3) is 0 Å². The number of hydrogen-bond acceptors (Lipinski definition) is 4. The predicted octanol–water partition coefficient (Wildman–Crippen LogP) is 2.26. The van der Waals surface area contributed by atoms with Crippen molar-refractivity contribution in [2.45, 2.75) is 31.2 Å². The van der Waals surface area contributed by atoms with E-state index in [1.165, 1.54) is 17.5 Å². The van der Waals surface area contributed by atoms with Crippen molar-refractivity contribution in [2.75, 3.05) is 11.4 Å². The number of benzene rings is 1. The molecule has 0 radical (unpaired) electrons. The Kier molecular flexibility index (Phi) is 3.91. The van der Waals surface area contributed by atoms with Crippen LogP contribution < -0.4 is 4.31 Å². The molecular formula is C17H20N2O4S. The lowest BCUT2D eigenvalue weighted by molar-refractivity contribution is 0.0589. The molecule has 0 saturated heterocycles. The summed E-state index contributed by atoms with van der Waals surface area (Å²) in [4.78, 5) is 12.0. The largest absolute Gasteiger partial charge is 0.464 e. The molecule has 0 fully saturated rings. The van der Waals surface area contributed by atoms with Gasteiger partial charge in [0.2, 0.25) is 0 Å². The molecule has 1 aromatic carbocycles. The average Bonchev–Trinajstić information content (AvgIpc) is 3.04. The zero-order chi connectivity index (χ0) is 17.6. The minimum atomic E-state index is -3.77. The number of para-hydroxylation sites is 1. The van der Waals surface area contributed by atoms with Crippen LogP contribution in [0.4, 0.5) is 5.69 Å². The van der Waals surface area contributed by atoms with Crippen molar-refractivity contribution in [3.63, 3.8) is 0 Å². The fraction of sp³-hybridized carbons (Fsp3) is 0.353. The van der Waals surface area contributed by atoms with Crippen LogP contribution in [-0.2, 0) is 28.2 Å². The molecule has 0 spiro atoms. The van der Waals surface area contributed by atoms with Crippen molar-refractivity contribution >= 4 is 21.7 Å². The van der Waals surface area contributed by atoms with Gasteiger partial charge < -0.3 is 9.30 Å². The van der Waals surface area contributed by atoms with Gasteiger partial charge in [0.1, 0.15) is 10.6 Å². The van der Waals surface area contributed by atoms with Crippen LogP contribution in [0.1, 0.15) is 28.7 Å². The summed E-state index contributed by atoms with van der Waals surface area (Å²) in [6.07, 6.45) is 0.672. The molecule has 1 aromatic heterocycles. The molecule has 128 valence electrons. The van der Waals surface area contributed by atoms with E-state index in [0.29, 0.717) is 17.8 Å². The van der Waals surface area contributed by atoms with Crippen molar-refractivity contribution in [1.82, 2.24) is 4.57 Å². The van der Waals surface area contributed by atoms with Crippen LogP contribution in [0, 0.1) is 6.92 Å². The Bertz CT molecular complexity index is 915. The Labute approximate surface area is 141 Å². The van der Waals surface area contributed by atoms with Crippen LogP contribution in [0.2, 0.25) is 0 Å². The van der Waals surface area contributed by atoms with Gasteiger partial charge in [-0.2, -0.15) is 0 Å². The van der Waals surface area contributed by atoms with Crippen molar-refractivity contribution < 1.29 is 17.9 Å². The smallest absolute Gasteiger partial charge is 0.354 e. The quantitative estimate of drug-likeness (QED) is 0.798. The molecule has 1 atom stereocenters. The molecule has 3 rings (SSSR count). The maximum absolute atomic E-state index is 13.3. The molecule has 0 amide bonds. The van der Waals surface area contributed by atoms with Gasteiger partial charge in [0, 0.05) is 18.8 Å². The fourth-order valence-corrected chi connectivity index (χ4v) is 5.21. The Morgan fingerprint density at radius 2 is 1.96 bits per heavy atom. The minimum absolute atomic E-state index is 0.133. The third-order valence-electron chi connectivity index (χ3n) is 4.56. The first-order valence-corrected chi connectivity index (χ1v) is 9.10. The molecule has 0 aliphatic carbocycles. The number of aromatic nitrogens is 1. The van der Waals surface area contributed by atoms with Gasteiger partial charge in [0.15, 0.2) is 0 Å². The molecule has 1 aliphatic heterocycles. The number of sulfonamides is 1. The second-order valence-corrected chi connectivity index (χ2v) is 7.80. The van der Waals surface area contributed by atoms with E-state index >= 15 is 0 Å². The first kappa shape index (κ1) is 16.6. The van der Waals surface area contributed by atoms with E-state index in [9.17, 15) is 13.2 Å². The monoisotopic (exact) mass is 348 g/mol. The molecule has 2 aromatic rings. The molecule has 7 heteroatoms. The number of methoxy groups -OCH3 is 1. The van der Waals surface area contributed by atoms with Crippen molar-refractivity contribution in [2.24, 2.45) is 7.05 Å². The third kappa shape index (κ3) is 2.31. The van der Waals surface area contributed by atoms with E-state index in [-0.39, 0.29) is 16.6 Å². The second kappa shape index (κ2) is 5.66. The van der Waals surface area contributed by atoms with Gasteiger partial charge in [-0.3, -0.25) is 4.31 Å². The SMILES string of the molecule is COC(=O)c1cc(S(=O)(=O)N2c3ccccc3C[C@@H]2C)c(C)n1C. The normalized spacial score (nSPS) is 17.0. The van der Waals surface area contributed by atoms with Crippen LogP contribution in [0.5, 0.6) is 0 Å². The van der Waals surface area contributed by atoms with Crippen LogP contribution in [-0.4, -0.2) is 32.1 Å². The van der Waals surface area contributed by atoms with Crippen molar-refractivity contribution in [3.05, 3.63) is 47.3 Å². The standard InChI is InChI=1S/C17H20N2O4S/c1-11-9-13-7-5-6-8-14(13)19(11)24(21,22)16-10-15(17(20)23-4)18(3)12(16)2/h5-8,10-11H,9H2,1-4H3/t11-/m0/s1. The minimum Gasteiger partial charge on any atom is -0.464 e. The van der Waals surface area contributed by atoms with E-state index in [4.69, 9.17) is 4.74 Å². The van der Waals surface area contributed by atoms with Gasteiger partial charge in [0.05, 0.1) is 12.8 Å². The third-order valence-corrected chi connectivity index (χ3v) is 6.61. The van der Waals surface area contributed by atoms with Gasteiger partial charge in [-0.1, -0.05) is 18.2 Å². The van der Waals surface area contributed by atoms with E-state index in [1.54, 1.807) is 18.5 Å². The molecular weight excluding hydrogens is 328 g/mol. The summed E-state index contributed by atoms with van der Waals surface area (Å²) in [6, 6.07) is 8.72. The van der Waals surface area contributed by atoms with Gasteiger partial charge in [-0.05, 0) is 38.0 Å². The molecule has 6 nitrogen and oxygen atoms in total. The Hall–Kier alpha value is -2.28. The number of rotatable bonds is 3. The number of hydrogen-bond donors (Lipinski definition) is 0. The molecule has 0 bridgehead atoms. The lowest BCUT2D eigenvalue weighted by atomic mass is 10.1. The summed E-state index contributed by atoms with van der Waals surface area (Å²) in [5.41, 5.74) is 2.43. The summed E-state index contributed by atoms with van der Waals surface area (Å²) < 4.78 is 34.3. The lowest BCUT2D eigenvalue weighted by Crippen LogP contribution is -2.35. The average molecular weight is 348 g/mol. The van der Waals surface area contributed by atoms with Crippen LogP contribution in [0.3, 0.4) is 0 Å². The van der Waals surface area contributed by atoms with E-state index in [2.05, 4.69) is 0 Å². The molecule has 0 saturated carbocycles. The number of fused-ring (bicyclic) bond motifs is 1. The Morgan fingerprint density at radius 1 is 1.29 bits per heavy atom. The lowest BCUT2D eigenvalue weighted by Gasteiger charge is -2.24. The number of nitrogens with zero attached hydrogens (tertiary/aromatic N) is 2. The molecule has 0 unspecified atom stereocenters. The highest BCUT2D eigenvalue weighted by molar-refractivity contribution is 7.93. The van der Waals surface area contributed by atoms with Crippen molar-refractivity contribution in [3.8, 4) is 0 Å². The van der Waals surface area contributed by atoms with Gasteiger partial charge in [-0.15, -0.1) is 0 Å². The van der Waals surface area contributed by atoms with E-state index in [1.807, 2.05) is 31.2 Å². The van der Waals surface area contributed by atoms with E-state index in [0.717, 1.165) is 5.56 Å². The number of ether oxygens (including phenoxy) is 1. The predicted molar refractivity (Wildman–Crippen MR) is 90.8 cm³/mol. The van der Waals surface area contributed by atoms with Gasteiger partial charge >= 0.3 is 5.97 Å². The number of carbonyl (C=O) groups excluding carboxylic acids is 1. The zero-order valence-electron chi connectivity index (χ0n) is 14.1. The Balaban J connectivity index is 2.15. The van der Waals surface area contributed by atoms with Crippen LogP contribution in [0.15, 0.2) is 35.2 Å². The first-order chi connectivity index (χ1) is 11.3. The van der Waals surface area contributed by atoms with Gasteiger partial charge in [0.25, 0.3) is 10.0 Å². The van der Waals surface area contributed by atoms with Gasteiger partial charge in [-0.25, -0.2) is 13.2 Å². The van der Waals surface area contributed by atoms with Crippen molar-refractivity contribution in [1.29, 1.82) is 0 Å². The topological polar surface area (TPSA) is 68.6 Å². The molecule has 2 heterocycles. The molecule has 1 aliphatic rings. The summed E-state index contributed by atoms with van der Waals surface area (Å²) in [5.74, 6) is -0.558. The first-order valence-electron chi connectivity index (χ1n) is 7.66. The molecule has 24 heavy (non-hydrogen) atoms. The maximum Gasteiger partial charge on any atom is 0.354 e. The molecule has 0 N–H and O–H groups in total. The highest BCUT2D eigenvalue weighted by Gasteiger charge is 2.38. The summed E-state index contributed by atoms with van der Waals surface area (Å²) in [7, 11) is -0.840. The zero-order valence-corrected chi connectivity index (χ0v) is 14.9. The summed E-state index contributed by atoms with van der Waals surface area (Å²) in [6.45, 7) is 3.57. The van der Waals surface area contributed by atoms with E-state index < -0.39 is 16.0 Å². The van der Waals surface area contributed by atoms with Crippen LogP contribution >= 0.6 is 0 Å². The fourth-order valence-electron chi connectivity index (χ4n) is 3.24. The second-order valence-electron chi connectivity index (χ2n) is 6.01. The highest BCUT2D eigenvalue weighted by Crippen LogP contribution is 2.37. The Morgan fingerprint density at radius 3 is 2.62 bits per heavy atom. The number of esters is 1. The number of anilines is 1. The maximum atomic E-state index is 13.3. The summed E-state index contributed by atoms with van der Waals surface area (Å²) >= 11 is 0. The number of carbonyl (C=O) groups is 1.